The van der Waals surface area contributed by atoms with Gasteiger partial charge in [0.2, 0.25) is 0 Å². The molecule has 0 radical (unpaired) electrons. The molecule has 0 amide bonds. The van der Waals surface area contributed by atoms with Crippen molar-refractivity contribution < 1.29 is 4.74 Å². The maximum absolute atomic E-state index is 8.50. The van der Waals surface area contributed by atoms with Gasteiger partial charge in [0.05, 0.1) is 19.2 Å². The van der Waals surface area contributed by atoms with Gasteiger partial charge in [-0.1, -0.05) is 26.0 Å². The number of benzene rings is 1. The van der Waals surface area contributed by atoms with Crippen LogP contribution in [0.15, 0.2) is 24.3 Å². The van der Waals surface area contributed by atoms with E-state index in [1.807, 2.05) is 19.1 Å². The van der Waals surface area contributed by atoms with Crippen LogP contribution in [0, 0.1) is 11.3 Å². The van der Waals surface area contributed by atoms with Crippen molar-refractivity contribution >= 4 is 0 Å². The van der Waals surface area contributed by atoms with Crippen molar-refractivity contribution in [3.05, 3.63) is 29.8 Å². The second-order valence-corrected chi connectivity index (χ2v) is 4.60. The highest BCUT2D eigenvalue weighted by Crippen LogP contribution is 2.24. The summed E-state index contributed by atoms with van der Waals surface area (Å²) in [5.74, 6) is 0.900. The molecule has 0 aromatic heterocycles. The first kappa shape index (κ1) is 13.5. The molecule has 1 aromatic carbocycles. The Hall–Kier alpha value is -1.53. The summed E-state index contributed by atoms with van der Waals surface area (Å²) in [5, 5.41) is 11.6. The lowest BCUT2D eigenvalue weighted by atomic mass is 9.84. The van der Waals surface area contributed by atoms with E-state index in [4.69, 9.17) is 10.00 Å². The second kappa shape index (κ2) is 6.27. The maximum Gasteiger partial charge on any atom is 0.119 e. The summed E-state index contributed by atoms with van der Waals surface area (Å²) in [6.07, 6.45) is 0. The zero-order valence-electron chi connectivity index (χ0n) is 10.8. The van der Waals surface area contributed by atoms with Gasteiger partial charge in [-0.15, -0.1) is 0 Å². The zero-order chi connectivity index (χ0) is 12.7. The van der Waals surface area contributed by atoms with Gasteiger partial charge in [0.15, 0.2) is 0 Å². The predicted octanol–water partition coefficient (Wildman–Crippen LogP) is 2.48. The van der Waals surface area contributed by atoms with Crippen molar-refractivity contribution in [2.45, 2.75) is 26.2 Å². The molecule has 1 N–H and O–H groups in total. The number of hydrogen-bond donors (Lipinski definition) is 1. The Labute approximate surface area is 103 Å². The minimum atomic E-state index is 0.0155. The number of nitriles is 1. The minimum absolute atomic E-state index is 0.0155. The summed E-state index contributed by atoms with van der Waals surface area (Å²) in [4.78, 5) is 0. The van der Waals surface area contributed by atoms with Crippen molar-refractivity contribution in [3.63, 3.8) is 0 Å². The average Bonchev–Trinajstić information content (AvgIpc) is 2.30. The first-order valence-corrected chi connectivity index (χ1v) is 5.91. The van der Waals surface area contributed by atoms with Crippen LogP contribution >= 0.6 is 0 Å². The standard InChI is InChI=1S/C14H20N2O/c1-4-17-13-7-5-12(6-8-13)14(2,3)11-16-10-9-15/h5-8,16H,4,10-11H2,1-3H3. The van der Waals surface area contributed by atoms with E-state index in [1.54, 1.807) is 0 Å². The molecule has 3 heteroatoms. The summed E-state index contributed by atoms with van der Waals surface area (Å²) in [7, 11) is 0. The number of nitrogens with one attached hydrogen (secondary N) is 1. The van der Waals surface area contributed by atoms with Gasteiger partial charge in [-0.3, -0.25) is 0 Å². The fourth-order valence-electron chi connectivity index (χ4n) is 1.70. The van der Waals surface area contributed by atoms with E-state index in [0.717, 1.165) is 12.3 Å². The molecule has 1 aromatic rings. The Morgan fingerprint density at radius 2 is 1.94 bits per heavy atom. The molecule has 0 atom stereocenters. The lowest BCUT2D eigenvalue weighted by Gasteiger charge is -2.25. The van der Waals surface area contributed by atoms with Crippen LogP contribution in [0.25, 0.3) is 0 Å². The summed E-state index contributed by atoms with van der Waals surface area (Å²) in [6.45, 7) is 8.16. The van der Waals surface area contributed by atoms with Gasteiger partial charge in [0, 0.05) is 12.0 Å². The highest BCUT2D eigenvalue weighted by molar-refractivity contribution is 5.31. The van der Waals surface area contributed by atoms with Crippen molar-refractivity contribution in [2.75, 3.05) is 19.7 Å². The Balaban J connectivity index is 2.67. The molecule has 0 spiro atoms. The fourth-order valence-corrected chi connectivity index (χ4v) is 1.70. The van der Waals surface area contributed by atoms with Crippen molar-refractivity contribution in [3.8, 4) is 11.8 Å². The molecule has 92 valence electrons. The lowest BCUT2D eigenvalue weighted by Crippen LogP contribution is -2.33. The molecule has 0 aliphatic rings. The van der Waals surface area contributed by atoms with E-state index in [-0.39, 0.29) is 5.41 Å². The van der Waals surface area contributed by atoms with Crippen LogP contribution in [0.3, 0.4) is 0 Å². The summed E-state index contributed by atoms with van der Waals surface area (Å²) in [6, 6.07) is 10.2. The van der Waals surface area contributed by atoms with Crippen LogP contribution in [0.4, 0.5) is 0 Å². The van der Waals surface area contributed by atoms with Gasteiger partial charge in [0.1, 0.15) is 5.75 Å². The average molecular weight is 232 g/mol. The van der Waals surface area contributed by atoms with Gasteiger partial charge >= 0.3 is 0 Å². The minimum Gasteiger partial charge on any atom is -0.494 e. The molecule has 0 fully saturated rings. The Kier molecular flexibility index (Phi) is 4.99. The first-order valence-electron chi connectivity index (χ1n) is 5.91. The molecule has 3 nitrogen and oxygen atoms in total. The van der Waals surface area contributed by atoms with E-state index in [2.05, 4.69) is 37.4 Å². The van der Waals surface area contributed by atoms with Crippen LogP contribution in [0.5, 0.6) is 5.75 Å². The maximum atomic E-state index is 8.50. The smallest absolute Gasteiger partial charge is 0.119 e. The number of ether oxygens (including phenoxy) is 1. The van der Waals surface area contributed by atoms with Crippen LogP contribution in [-0.2, 0) is 5.41 Å². The van der Waals surface area contributed by atoms with Gasteiger partial charge in [-0.25, -0.2) is 0 Å². The van der Waals surface area contributed by atoms with E-state index in [1.165, 1.54) is 5.56 Å². The molecule has 0 heterocycles. The highest BCUT2D eigenvalue weighted by atomic mass is 16.5. The molecule has 17 heavy (non-hydrogen) atoms. The summed E-state index contributed by atoms with van der Waals surface area (Å²) >= 11 is 0. The molecule has 0 aliphatic heterocycles. The highest BCUT2D eigenvalue weighted by Gasteiger charge is 2.19. The predicted molar refractivity (Wildman–Crippen MR) is 69.1 cm³/mol. The second-order valence-electron chi connectivity index (χ2n) is 4.60. The topological polar surface area (TPSA) is 45.0 Å². The van der Waals surface area contributed by atoms with E-state index >= 15 is 0 Å². The van der Waals surface area contributed by atoms with Crippen LogP contribution in [0.1, 0.15) is 26.3 Å². The summed E-state index contributed by atoms with van der Waals surface area (Å²) < 4.78 is 5.41. The van der Waals surface area contributed by atoms with E-state index in [9.17, 15) is 0 Å². The number of rotatable bonds is 6. The van der Waals surface area contributed by atoms with E-state index < -0.39 is 0 Å². The number of nitrogens with zero attached hydrogens (tertiary/aromatic N) is 1. The molecule has 0 bridgehead atoms. The quantitative estimate of drug-likeness (QED) is 0.605. The molecule has 0 saturated carbocycles. The summed E-state index contributed by atoms with van der Waals surface area (Å²) in [5.41, 5.74) is 1.26. The Bertz CT molecular complexity index is 376. The lowest BCUT2D eigenvalue weighted by molar-refractivity contribution is 0.340. The third kappa shape index (κ3) is 4.08. The molecule has 1 rings (SSSR count). The molecule has 0 aliphatic carbocycles. The molecular weight excluding hydrogens is 212 g/mol. The van der Waals surface area contributed by atoms with E-state index in [0.29, 0.717) is 13.2 Å². The molecular formula is C14H20N2O. The van der Waals surface area contributed by atoms with Gasteiger partial charge < -0.3 is 10.1 Å². The Morgan fingerprint density at radius 1 is 1.29 bits per heavy atom. The largest absolute Gasteiger partial charge is 0.494 e. The molecule has 0 saturated heterocycles. The van der Waals surface area contributed by atoms with Crippen molar-refractivity contribution in [1.82, 2.24) is 5.32 Å². The third-order valence-corrected chi connectivity index (χ3v) is 2.72. The van der Waals surface area contributed by atoms with Crippen LogP contribution in [0.2, 0.25) is 0 Å². The van der Waals surface area contributed by atoms with Crippen molar-refractivity contribution in [2.24, 2.45) is 0 Å². The third-order valence-electron chi connectivity index (χ3n) is 2.72. The number of hydrogen-bond acceptors (Lipinski definition) is 3. The first-order chi connectivity index (χ1) is 8.10. The SMILES string of the molecule is CCOc1ccc(C(C)(C)CNCC#N)cc1. The van der Waals surface area contributed by atoms with Crippen LogP contribution in [-0.4, -0.2) is 19.7 Å². The van der Waals surface area contributed by atoms with Gasteiger partial charge in [-0.05, 0) is 24.6 Å². The van der Waals surface area contributed by atoms with Gasteiger partial charge in [-0.2, -0.15) is 5.26 Å². The zero-order valence-corrected chi connectivity index (χ0v) is 10.8. The fraction of sp³-hybridized carbons (Fsp3) is 0.500. The Morgan fingerprint density at radius 3 is 2.47 bits per heavy atom. The van der Waals surface area contributed by atoms with Gasteiger partial charge in [0.25, 0.3) is 0 Å². The van der Waals surface area contributed by atoms with Crippen molar-refractivity contribution in [1.29, 1.82) is 5.26 Å². The molecule has 0 unspecified atom stereocenters. The normalized spacial score (nSPS) is 10.9. The monoisotopic (exact) mass is 232 g/mol. The van der Waals surface area contributed by atoms with Crippen LogP contribution < -0.4 is 10.1 Å².